The third-order valence-electron chi connectivity index (χ3n) is 4.60. The van der Waals surface area contributed by atoms with Gasteiger partial charge in [0.2, 0.25) is 0 Å². The maximum atomic E-state index is 6.02. The second kappa shape index (κ2) is 7.97. The van der Waals surface area contributed by atoms with Gasteiger partial charge in [-0.2, -0.15) is 0 Å². The van der Waals surface area contributed by atoms with E-state index in [-0.39, 0.29) is 0 Å². The van der Waals surface area contributed by atoms with Crippen LogP contribution in [0, 0.1) is 0 Å². The highest BCUT2D eigenvalue weighted by atomic mass is 32.2. The molecule has 1 aliphatic heterocycles. The second-order valence-corrected chi connectivity index (χ2v) is 8.70. The zero-order valence-corrected chi connectivity index (χ0v) is 16.8. The molecule has 26 heavy (non-hydrogen) atoms. The van der Waals surface area contributed by atoms with Crippen LogP contribution in [0.1, 0.15) is 12.0 Å². The van der Waals surface area contributed by atoms with Crippen LogP contribution in [0.5, 0.6) is 0 Å². The maximum absolute atomic E-state index is 6.02. The zero-order valence-electron chi connectivity index (χ0n) is 15.2. The van der Waals surface area contributed by atoms with Crippen LogP contribution < -0.4 is 5.22 Å². The molecule has 0 fully saturated rings. The molecule has 3 aromatic rings. The van der Waals surface area contributed by atoms with E-state index in [1.807, 2.05) is 11.3 Å². The number of nitrogens with zero attached hydrogens (tertiary/aromatic N) is 1. The zero-order chi connectivity index (χ0) is 17.9. The van der Waals surface area contributed by atoms with Gasteiger partial charge in [-0.25, -0.2) is 0 Å². The van der Waals surface area contributed by atoms with Gasteiger partial charge in [0, 0.05) is 26.8 Å². The third-order valence-corrected chi connectivity index (χ3v) is 6.46. The van der Waals surface area contributed by atoms with Crippen molar-refractivity contribution < 1.29 is 4.74 Å². The molecule has 2 nitrogen and oxygen atoms in total. The molecule has 0 aliphatic carbocycles. The Morgan fingerprint density at radius 1 is 1.08 bits per heavy atom. The molecule has 0 saturated carbocycles. The lowest BCUT2D eigenvalue weighted by atomic mass is 10.1. The lowest BCUT2D eigenvalue weighted by Crippen LogP contribution is -2.16. The van der Waals surface area contributed by atoms with Gasteiger partial charge in [0.25, 0.3) is 0 Å². The average molecular weight is 382 g/mol. The van der Waals surface area contributed by atoms with Crippen LogP contribution in [0.2, 0.25) is 0 Å². The van der Waals surface area contributed by atoms with E-state index in [2.05, 4.69) is 72.3 Å². The predicted molar refractivity (Wildman–Crippen MR) is 117 cm³/mol. The first kappa shape index (κ1) is 17.8. The number of fused-ring (bicyclic) bond motifs is 5. The fourth-order valence-corrected chi connectivity index (χ4v) is 5.13. The number of hydrogen-bond donors (Lipinski definition) is 0. The minimum Gasteiger partial charge on any atom is -0.376 e. The predicted octanol–water partition coefficient (Wildman–Crippen LogP) is 5.13. The lowest BCUT2D eigenvalue weighted by molar-refractivity contribution is 0.157. The van der Waals surface area contributed by atoms with E-state index in [4.69, 9.17) is 4.74 Å². The first-order valence-electron chi connectivity index (χ1n) is 8.92. The summed E-state index contributed by atoms with van der Waals surface area (Å²) in [5.41, 5.74) is 1.28. The second-order valence-electron chi connectivity index (χ2n) is 6.78. The minimum absolute atomic E-state index is 0.680. The molecule has 0 saturated heterocycles. The third kappa shape index (κ3) is 3.60. The standard InChI is InChI=1S/C22H23NOS2/c1-23(2)10-5-11-24-15-20-21-16(9-13-25-20)6-3-8-18-19(21)14-17-7-4-12-26-22(17)18/h3-4,6-9,12-14H,5,10-11,15H2,1-2H3. The van der Waals surface area contributed by atoms with Gasteiger partial charge in [-0.15, -0.1) is 11.3 Å². The Kier molecular flexibility index (Phi) is 5.46. The van der Waals surface area contributed by atoms with E-state index in [1.165, 1.54) is 36.5 Å². The first-order valence-corrected chi connectivity index (χ1v) is 10.7. The Bertz CT molecular complexity index is 1030. The van der Waals surface area contributed by atoms with E-state index in [0.717, 1.165) is 19.6 Å². The van der Waals surface area contributed by atoms with E-state index >= 15 is 0 Å². The molecular formula is C22H23NOS2. The summed E-state index contributed by atoms with van der Waals surface area (Å²) in [4.78, 5) is 3.51. The van der Waals surface area contributed by atoms with Gasteiger partial charge < -0.3 is 9.64 Å². The minimum atomic E-state index is 0.680. The summed E-state index contributed by atoms with van der Waals surface area (Å²) in [5, 5.41) is 9.69. The largest absolute Gasteiger partial charge is 0.376 e. The molecule has 1 aromatic heterocycles. The fraction of sp³-hybridized carbons (Fsp3) is 0.273. The molecule has 0 atom stereocenters. The summed E-state index contributed by atoms with van der Waals surface area (Å²) in [7, 11) is 4.20. The molecular weight excluding hydrogens is 358 g/mol. The topological polar surface area (TPSA) is 12.5 Å². The molecule has 0 N–H and O–H groups in total. The van der Waals surface area contributed by atoms with Gasteiger partial charge in [-0.05, 0) is 66.3 Å². The van der Waals surface area contributed by atoms with Crippen LogP contribution in [-0.2, 0) is 4.74 Å². The van der Waals surface area contributed by atoms with E-state index < -0.39 is 0 Å². The van der Waals surface area contributed by atoms with Gasteiger partial charge in [-0.1, -0.05) is 42.1 Å². The van der Waals surface area contributed by atoms with Crippen LogP contribution in [-0.4, -0.2) is 38.8 Å². The van der Waals surface area contributed by atoms with Crippen LogP contribution in [0.25, 0.3) is 31.8 Å². The number of hydrogen-bond acceptors (Lipinski definition) is 4. The Hall–Kier alpha value is -1.59. The van der Waals surface area contributed by atoms with Crippen LogP contribution in [0.4, 0.5) is 0 Å². The number of rotatable bonds is 6. The van der Waals surface area contributed by atoms with E-state index in [1.54, 1.807) is 11.8 Å². The highest BCUT2D eigenvalue weighted by molar-refractivity contribution is 8.10. The molecule has 134 valence electrons. The summed E-state index contributed by atoms with van der Waals surface area (Å²) in [6, 6.07) is 13.3. The van der Waals surface area contributed by atoms with Crippen molar-refractivity contribution in [3.05, 3.63) is 58.0 Å². The van der Waals surface area contributed by atoms with Crippen molar-refractivity contribution in [1.29, 1.82) is 0 Å². The van der Waals surface area contributed by atoms with Gasteiger partial charge in [-0.3, -0.25) is 0 Å². The molecule has 0 bridgehead atoms. The first-order chi connectivity index (χ1) is 12.7. The number of thioether (sulfide) groups is 1. The van der Waals surface area contributed by atoms with E-state index in [9.17, 15) is 0 Å². The van der Waals surface area contributed by atoms with Crippen molar-refractivity contribution in [2.45, 2.75) is 6.42 Å². The van der Waals surface area contributed by atoms with Crippen molar-refractivity contribution in [2.75, 3.05) is 33.9 Å². The number of ether oxygens (including phenoxy) is 1. The van der Waals surface area contributed by atoms with Crippen molar-refractivity contribution in [1.82, 2.24) is 4.90 Å². The molecule has 4 rings (SSSR count). The molecule has 2 aromatic carbocycles. The highest BCUT2D eigenvalue weighted by Crippen LogP contribution is 2.32. The molecule has 0 spiro atoms. The summed E-state index contributed by atoms with van der Waals surface area (Å²) in [6.07, 6.45) is 3.28. The average Bonchev–Trinajstić information content (AvgIpc) is 2.89. The van der Waals surface area contributed by atoms with Crippen molar-refractivity contribution in [3.63, 3.8) is 0 Å². The van der Waals surface area contributed by atoms with Gasteiger partial charge in [0.1, 0.15) is 0 Å². The molecule has 0 radical (unpaired) electrons. The monoisotopic (exact) mass is 381 g/mol. The Morgan fingerprint density at radius 2 is 2.00 bits per heavy atom. The van der Waals surface area contributed by atoms with E-state index in [0.29, 0.717) is 6.61 Å². The van der Waals surface area contributed by atoms with Gasteiger partial charge >= 0.3 is 0 Å². The normalized spacial score (nSPS) is 13.7. The Labute approximate surface area is 162 Å². The summed E-state index contributed by atoms with van der Waals surface area (Å²) in [5.74, 6) is 0. The Balaban J connectivity index is 1.77. The van der Waals surface area contributed by atoms with Crippen molar-refractivity contribution >= 4 is 54.9 Å². The summed E-state index contributed by atoms with van der Waals surface area (Å²) < 4.78 is 7.39. The highest BCUT2D eigenvalue weighted by Gasteiger charge is 2.12. The molecule has 0 amide bonds. The Morgan fingerprint density at radius 3 is 2.88 bits per heavy atom. The quantitative estimate of drug-likeness (QED) is 0.549. The van der Waals surface area contributed by atoms with Gasteiger partial charge in [0.05, 0.1) is 6.61 Å². The van der Waals surface area contributed by atoms with Crippen LogP contribution >= 0.6 is 23.1 Å². The SMILES string of the molecule is CN(C)CCCOCC1=c2c(cccc3c2cc2cccsc23)C=CS1. The van der Waals surface area contributed by atoms with Crippen molar-refractivity contribution in [2.24, 2.45) is 0 Å². The summed E-state index contributed by atoms with van der Waals surface area (Å²) >= 11 is 3.61. The molecule has 4 heteroatoms. The van der Waals surface area contributed by atoms with Crippen LogP contribution in [0.3, 0.4) is 0 Å². The lowest BCUT2D eigenvalue weighted by Gasteiger charge is -2.12. The van der Waals surface area contributed by atoms with Crippen LogP contribution in [0.15, 0.2) is 47.2 Å². The fourth-order valence-electron chi connectivity index (χ4n) is 3.39. The maximum Gasteiger partial charge on any atom is 0.0785 e. The summed E-state index contributed by atoms with van der Waals surface area (Å²) in [6.45, 7) is 2.54. The molecule has 0 unspecified atom stereocenters. The van der Waals surface area contributed by atoms with Crippen molar-refractivity contribution in [3.8, 4) is 0 Å². The smallest absolute Gasteiger partial charge is 0.0785 e. The molecule has 1 aliphatic rings. The van der Waals surface area contributed by atoms with Gasteiger partial charge in [0.15, 0.2) is 0 Å². The molecule has 2 heterocycles.